The molecule has 2 heterocycles. The number of aromatic nitrogens is 1. The number of esters is 1. The maximum Gasteiger partial charge on any atom is 0.355 e. The number of ketones is 1. The number of Topliss-reactive ketones (excluding diaryl/α,β-unsaturated/α-hetero) is 1. The number of nitro groups is 1. The van der Waals surface area contributed by atoms with Crippen LogP contribution in [0.1, 0.15) is 45.8 Å². The molecule has 0 saturated carbocycles. The van der Waals surface area contributed by atoms with Gasteiger partial charge in [0.25, 0.3) is 11.6 Å². The normalized spacial score (nSPS) is 17.3. The molecule has 0 radical (unpaired) electrons. The number of aromatic amines is 1. The van der Waals surface area contributed by atoms with E-state index >= 15 is 0 Å². The van der Waals surface area contributed by atoms with Gasteiger partial charge in [0.1, 0.15) is 5.69 Å². The van der Waals surface area contributed by atoms with E-state index in [9.17, 15) is 29.6 Å². The fourth-order valence-corrected chi connectivity index (χ4v) is 4.20. The number of carbonyl (C=O) groups excluding carboxylic acids is 3. The van der Waals surface area contributed by atoms with Crippen LogP contribution < -0.4 is 10.0 Å². The molecule has 1 aromatic carbocycles. The van der Waals surface area contributed by atoms with Gasteiger partial charge in [-0.1, -0.05) is 5.76 Å². The molecule has 1 aliphatic heterocycles. The van der Waals surface area contributed by atoms with Crippen LogP contribution in [0.5, 0.6) is 0 Å². The second-order valence-corrected chi connectivity index (χ2v) is 8.62. The van der Waals surface area contributed by atoms with E-state index in [1.54, 1.807) is 20.8 Å². The number of nitrogens with one attached hydrogen (secondary N) is 2. The van der Waals surface area contributed by atoms with Crippen LogP contribution in [0.3, 0.4) is 0 Å². The number of quaternary nitrogens is 1. The van der Waals surface area contributed by atoms with E-state index in [1.165, 1.54) is 29.2 Å². The number of rotatable bonds is 8. The molecule has 11 heteroatoms. The van der Waals surface area contributed by atoms with Crippen molar-refractivity contribution in [3.8, 4) is 0 Å². The lowest BCUT2D eigenvalue weighted by Gasteiger charge is -2.28. The first-order valence-electron chi connectivity index (χ1n) is 11.2. The van der Waals surface area contributed by atoms with E-state index in [0.717, 1.165) is 4.90 Å². The summed E-state index contributed by atoms with van der Waals surface area (Å²) in [6, 6.07) is 4.41. The predicted octanol–water partition coefficient (Wildman–Crippen LogP) is 0.0849. The maximum atomic E-state index is 13.8. The number of nitro benzene ring substituents is 1. The summed E-state index contributed by atoms with van der Waals surface area (Å²) < 4.78 is 5.04. The molecular formula is C24H28N4O7. The van der Waals surface area contributed by atoms with Crippen molar-refractivity contribution in [3.05, 3.63) is 68.0 Å². The van der Waals surface area contributed by atoms with Crippen LogP contribution in [0.4, 0.5) is 5.69 Å². The van der Waals surface area contributed by atoms with Crippen LogP contribution in [0.15, 0.2) is 29.8 Å². The van der Waals surface area contributed by atoms with Crippen LogP contribution >= 0.6 is 0 Å². The number of carbonyl (C=O) groups is 3. The van der Waals surface area contributed by atoms with E-state index in [0.29, 0.717) is 23.4 Å². The highest BCUT2D eigenvalue weighted by Gasteiger charge is 2.44. The summed E-state index contributed by atoms with van der Waals surface area (Å²) in [6.45, 7) is 5.68. The zero-order valence-corrected chi connectivity index (χ0v) is 20.3. The number of hydrogen-bond donors (Lipinski definition) is 2. The lowest BCUT2D eigenvalue weighted by atomic mass is 9.94. The summed E-state index contributed by atoms with van der Waals surface area (Å²) in [5.74, 6) is -3.04. The van der Waals surface area contributed by atoms with Gasteiger partial charge >= 0.3 is 5.97 Å². The highest BCUT2D eigenvalue weighted by molar-refractivity contribution is 6.46. The van der Waals surface area contributed by atoms with Gasteiger partial charge in [-0.25, -0.2) is 4.79 Å². The molecule has 1 aromatic heterocycles. The highest BCUT2D eigenvalue weighted by atomic mass is 16.6. The summed E-state index contributed by atoms with van der Waals surface area (Å²) in [6.07, 6.45) is 0. The second-order valence-electron chi connectivity index (χ2n) is 8.62. The van der Waals surface area contributed by atoms with Gasteiger partial charge < -0.3 is 24.6 Å². The molecule has 0 bridgehead atoms. The molecule has 1 fully saturated rings. The Morgan fingerprint density at radius 2 is 1.83 bits per heavy atom. The zero-order chi connectivity index (χ0) is 26.0. The van der Waals surface area contributed by atoms with Crippen molar-refractivity contribution in [3.63, 3.8) is 0 Å². The largest absolute Gasteiger partial charge is 0.872 e. The van der Waals surface area contributed by atoms with Crippen LogP contribution in [-0.4, -0.2) is 66.3 Å². The molecule has 0 aliphatic carbocycles. The van der Waals surface area contributed by atoms with Crippen molar-refractivity contribution < 1.29 is 34.1 Å². The molecule has 186 valence electrons. The molecule has 2 N–H and O–H groups in total. The number of amides is 1. The predicted molar refractivity (Wildman–Crippen MR) is 123 cm³/mol. The zero-order valence-electron chi connectivity index (χ0n) is 20.3. The van der Waals surface area contributed by atoms with Crippen LogP contribution in [0, 0.1) is 24.0 Å². The molecule has 0 spiro atoms. The Hall–Kier alpha value is -3.99. The van der Waals surface area contributed by atoms with Crippen molar-refractivity contribution >= 4 is 29.1 Å². The van der Waals surface area contributed by atoms with Gasteiger partial charge in [-0.15, -0.1) is 0 Å². The number of non-ortho nitro benzene ring substituents is 1. The van der Waals surface area contributed by atoms with Crippen molar-refractivity contribution in [1.29, 1.82) is 0 Å². The maximum absolute atomic E-state index is 13.8. The highest BCUT2D eigenvalue weighted by Crippen LogP contribution is 2.40. The second kappa shape index (κ2) is 10.1. The van der Waals surface area contributed by atoms with Gasteiger partial charge in [0, 0.05) is 23.4 Å². The van der Waals surface area contributed by atoms with Gasteiger partial charge in [0.2, 0.25) is 5.78 Å². The molecule has 1 saturated heterocycles. The van der Waals surface area contributed by atoms with Gasteiger partial charge in [-0.2, -0.15) is 0 Å². The fourth-order valence-electron chi connectivity index (χ4n) is 4.20. The smallest absolute Gasteiger partial charge is 0.355 e. The van der Waals surface area contributed by atoms with E-state index < -0.39 is 34.4 Å². The summed E-state index contributed by atoms with van der Waals surface area (Å²) >= 11 is 0. The third-order valence-corrected chi connectivity index (χ3v) is 5.95. The van der Waals surface area contributed by atoms with Gasteiger partial charge in [0.05, 0.1) is 44.8 Å². The number of aryl methyl sites for hydroxylation is 1. The molecule has 1 aliphatic rings. The number of benzene rings is 1. The third-order valence-electron chi connectivity index (χ3n) is 5.95. The Morgan fingerprint density at radius 1 is 1.20 bits per heavy atom. The van der Waals surface area contributed by atoms with Crippen molar-refractivity contribution in [2.45, 2.75) is 26.8 Å². The lowest BCUT2D eigenvalue weighted by molar-refractivity contribution is -0.857. The molecule has 1 atom stereocenters. The van der Waals surface area contributed by atoms with E-state index in [2.05, 4.69) is 4.98 Å². The fraction of sp³-hybridized carbons (Fsp3) is 0.375. The van der Waals surface area contributed by atoms with Crippen LogP contribution in [-0.2, 0) is 14.3 Å². The number of hydrogen-bond acceptors (Lipinski definition) is 7. The van der Waals surface area contributed by atoms with Crippen LogP contribution in [0.25, 0.3) is 5.76 Å². The topological polar surface area (TPSA) is 150 Å². The van der Waals surface area contributed by atoms with Crippen molar-refractivity contribution in [1.82, 2.24) is 9.88 Å². The molecule has 35 heavy (non-hydrogen) atoms. The number of likely N-dealkylation sites (N-methyl/N-ethyl adjacent to an activating group) is 1. The number of nitrogens with zero attached hydrogens (tertiary/aromatic N) is 2. The van der Waals surface area contributed by atoms with Gasteiger partial charge in [-0.3, -0.25) is 19.7 Å². The Kier molecular flexibility index (Phi) is 7.39. The van der Waals surface area contributed by atoms with E-state index in [1.807, 2.05) is 14.1 Å². The lowest BCUT2D eigenvalue weighted by Crippen LogP contribution is -3.06. The minimum Gasteiger partial charge on any atom is -0.872 e. The average Bonchev–Trinajstić information content (AvgIpc) is 3.24. The first-order valence-corrected chi connectivity index (χ1v) is 11.2. The number of H-pyrrole nitrogens is 1. The molecule has 1 amide bonds. The Labute approximate surface area is 202 Å². The average molecular weight is 485 g/mol. The molecule has 11 nitrogen and oxygen atoms in total. The quantitative estimate of drug-likeness (QED) is 0.135. The number of ether oxygens (including phenoxy) is 1. The molecule has 2 aromatic rings. The van der Waals surface area contributed by atoms with E-state index in [-0.39, 0.29) is 35.7 Å². The Morgan fingerprint density at radius 3 is 2.37 bits per heavy atom. The van der Waals surface area contributed by atoms with Gasteiger partial charge in [-0.05, 0) is 49.6 Å². The Bertz CT molecular complexity index is 1210. The van der Waals surface area contributed by atoms with E-state index in [4.69, 9.17) is 4.74 Å². The third kappa shape index (κ3) is 4.80. The summed E-state index contributed by atoms with van der Waals surface area (Å²) in [5.41, 5.74) is 0.903. The summed E-state index contributed by atoms with van der Waals surface area (Å²) in [5, 5.41) is 24.9. The first-order chi connectivity index (χ1) is 16.5. The molecule has 3 rings (SSSR count). The number of likely N-dealkylation sites (tertiary alicyclic amines) is 1. The summed E-state index contributed by atoms with van der Waals surface area (Å²) in [4.78, 5) is 54.2. The standard InChI is InChI=1S/C24H28N4O7/c1-6-35-24(32)19-13(2)17(14(3)25-19)21(29)18-20(15-7-9-16(10-8-15)28(33)34)27(12-11-26(4)5)23(31)22(18)30/h7-10,20,25,29H,6,11-12H2,1-5H3/b21-18+. The minimum absolute atomic E-state index is 0.102. The van der Waals surface area contributed by atoms with Crippen LogP contribution in [0.2, 0.25) is 0 Å². The summed E-state index contributed by atoms with van der Waals surface area (Å²) in [7, 11) is 3.78. The van der Waals surface area contributed by atoms with Crippen molar-refractivity contribution in [2.24, 2.45) is 0 Å². The monoisotopic (exact) mass is 484 g/mol. The van der Waals surface area contributed by atoms with Crippen molar-refractivity contribution in [2.75, 3.05) is 33.8 Å². The SMILES string of the molecule is CCOC(=O)c1[nH]c(C)c(/C([O-])=C2\C(=O)C(=O)N(CC[NH+](C)C)C2c2ccc([N+](=O)[O-])cc2)c1C. The first kappa shape index (κ1) is 25.6. The molecule has 1 unspecified atom stereocenters. The Balaban J connectivity index is 2.20. The minimum atomic E-state index is -1.01. The van der Waals surface area contributed by atoms with Gasteiger partial charge in [0.15, 0.2) is 0 Å². The molecular weight excluding hydrogens is 456 g/mol.